The summed E-state index contributed by atoms with van der Waals surface area (Å²) >= 11 is 0. The van der Waals surface area contributed by atoms with Crippen LogP contribution in [-0.2, 0) is 6.42 Å². The van der Waals surface area contributed by atoms with Crippen molar-refractivity contribution in [1.29, 1.82) is 0 Å². The first-order valence-corrected chi connectivity index (χ1v) is 8.35. The summed E-state index contributed by atoms with van der Waals surface area (Å²) < 4.78 is 0. The van der Waals surface area contributed by atoms with Crippen LogP contribution in [-0.4, -0.2) is 0 Å². The Labute approximate surface area is 139 Å². The van der Waals surface area contributed by atoms with Gasteiger partial charge in [-0.2, -0.15) is 0 Å². The third kappa shape index (κ3) is 3.71. The predicted molar refractivity (Wildman–Crippen MR) is 102 cm³/mol. The van der Waals surface area contributed by atoms with E-state index < -0.39 is 0 Å². The molecule has 3 aromatic rings. The molecule has 0 saturated heterocycles. The molecule has 0 N–H and O–H groups in total. The molecule has 0 heteroatoms. The molecule has 1 aliphatic rings. The van der Waals surface area contributed by atoms with Crippen LogP contribution in [0.15, 0.2) is 66.7 Å². The van der Waals surface area contributed by atoms with Crippen LogP contribution in [0.4, 0.5) is 0 Å². The minimum absolute atomic E-state index is 0.708. The maximum absolute atomic E-state index is 2.30. The average molecular weight is 300 g/mol. The first kappa shape index (κ1) is 15.6. The van der Waals surface area contributed by atoms with E-state index in [0.29, 0.717) is 5.92 Å². The third-order valence-electron chi connectivity index (χ3n) is 4.45. The number of hydrogen-bond acceptors (Lipinski definition) is 0. The van der Waals surface area contributed by atoms with Gasteiger partial charge in [0.05, 0.1) is 0 Å². The molecule has 3 aromatic carbocycles. The van der Waals surface area contributed by atoms with E-state index in [1.165, 1.54) is 39.4 Å². The zero-order valence-electron chi connectivity index (χ0n) is 14.2. The van der Waals surface area contributed by atoms with E-state index in [2.05, 4.69) is 93.6 Å². The summed E-state index contributed by atoms with van der Waals surface area (Å²) in [5.41, 5.74) is 5.63. The Balaban J connectivity index is 0.000000136. The minimum atomic E-state index is 0.708. The van der Waals surface area contributed by atoms with Crippen LogP contribution < -0.4 is 0 Å². The lowest BCUT2D eigenvalue weighted by Crippen LogP contribution is -2.03. The molecule has 1 atom stereocenters. The summed E-state index contributed by atoms with van der Waals surface area (Å²) in [6.07, 6.45) is 5.73. The first-order chi connectivity index (χ1) is 11.1. The van der Waals surface area contributed by atoms with Crippen molar-refractivity contribution in [1.82, 2.24) is 0 Å². The van der Waals surface area contributed by atoms with Crippen molar-refractivity contribution in [2.75, 3.05) is 0 Å². The molecule has 116 valence electrons. The lowest BCUT2D eigenvalue weighted by molar-refractivity contribution is 0.717. The Kier molecular flexibility index (Phi) is 4.62. The molecule has 0 saturated carbocycles. The molecule has 0 radical (unpaired) electrons. The number of allylic oxidation sites excluding steroid dienone is 1. The van der Waals surface area contributed by atoms with Crippen molar-refractivity contribution in [3.63, 3.8) is 0 Å². The maximum atomic E-state index is 2.30. The zero-order valence-corrected chi connectivity index (χ0v) is 14.2. The van der Waals surface area contributed by atoms with E-state index in [1.54, 1.807) is 0 Å². The van der Waals surface area contributed by atoms with E-state index >= 15 is 0 Å². The molecule has 0 unspecified atom stereocenters. The summed E-state index contributed by atoms with van der Waals surface area (Å²) in [7, 11) is 0. The second-order valence-corrected chi connectivity index (χ2v) is 6.54. The number of benzene rings is 3. The topological polar surface area (TPSA) is 0 Å². The summed E-state index contributed by atoms with van der Waals surface area (Å²) in [5, 5.41) is 2.68. The van der Waals surface area contributed by atoms with Crippen molar-refractivity contribution in [3.8, 4) is 0 Å². The zero-order chi connectivity index (χ0) is 16.2. The van der Waals surface area contributed by atoms with Gasteiger partial charge in [-0.3, -0.25) is 0 Å². The molecule has 0 aliphatic heterocycles. The monoisotopic (exact) mass is 300 g/mol. The molecule has 23 heavy (non-hydrogen) atoms. The lowest BCUT2D eigenvalue weighted by Gasteiger charge is -2.15. The molecule has 0 aromatic heterocycles. The molecule has 4 rings (SSSR count). The van der Waals surface area contributed by atoms with Crippen LogP contribution in [0, 0.1) is 19.8 Å². The van der Waals surface area contributed by atoms with Crippen molar-refractivity contribution in [2.24, 2.45) is 5.92 Å². The highest BCUT2D eigenvalue weighted by atomic mass is 14.1. The first-order valence-electron chi connectivity index (χ1n) is 8.35. The van der Waals surface area contributed by atoms with E-state index in [0.717, 1.165) is 0 Å². The van der Waals surface area contributed by atoms with Gasteiger partial charge in [0, 0.05) is 0 Å². The van der Waals surface area contributed by atoms with Gasteiger partial charge in [-0.05, 0) is 53.6 Å². The minimum Gasteiger partial charge on any atom is -0.0808 e. The van der Waals surface area contributed by atoms with Gasteiger partial charge >= 0.3 is 0 Å². The molecule has 0 spiro atoms. The molecule has 0 nitrogen and oxygen atoms in total. The molecule has 0 fully saturated rings. The number of fused-ring (bicyclic) bond motifs is 2. The highest BCUT2D eigenvalue weighted by Crippen LogP contribution is 2.23. The number of aryl methyl sites for hydroxylation is 2. The molecule has 0 bridgehead atoms. The second-order valence-electron chi connectivity index (χ2n) is 6.54. The van der Waals surface area contributed by atoms with Gasteiger partial charge in [0.15, 0.2) is 0 Å². The van der Waals surface area contributed by atoms with Crippen LogP contribution >= 0.6 is 0 Å². The number of rotatable bonds is 0. The van der Waals surface area contributed by atoms with Gasteiger partial charge in [0.1, 0.15) is 0 Å². The predicted octanol–water partition coefficient (Wildman–Crippen LogP) is 6.35. The van der Waals surface area contributed by atoms with Crippen LogP contribution in [0.5, 0.6) is 0 Å². The van der Waals surface area contributed by atoms with Gasteiger partial charge in [-0.15, -0.1) is 0 Å². The van der Waals surface area contributed by atoms with Crippen LogP contribution in [0.25, 0.3) is 16.8 Å². The fourth-order valence-electron chi connectivity index (χ4n) is 3.14. The molecule has 1 aliphatic carbocycles. The van der Waals surface area contributed by atoms with Crippen LogP contribution in [0.3, 0.4) is 0 Å². The smallest absolute Gasteiger partial charge is 0.0155 e. The number of hydrogen-bond donors (Lipinski definition) is 0. The fourth-order valence-corrected chi connectivity index (χ4v) is 3.14. The Morgan fingerprint density at radius 2 is 1.65 bits per heavy atom. The average Bonchev–Trinajstić information content (AvgIpc) is 2.55. The molecule has 0 heterocycles. The SMILES string of the molecule is Cc1ccc2c(c1)C[C@H](C)C=C2.Cc1cccc2ccccc12. The van der Waals surface area contributed by atoms with E-state index in [9.17, 15) is 0 Å². The van der Waals surface area contributed by atoms with Gasteiger partial charge in [0.25, 0.3) is 0 Å². The summed E-state index contributed by atoms with van der Waals surface area (Å²) in [6, 6.07) is 21.5. The fraction of sp³-hybridized carbons (Fsp3) is 0.217. The molecular formula is C23H24. The third-order valence-corrected chi connectivity index (χ3v) is 4.45. The highest BCUT2D eigenvalue weighted by Gasteiger charge is 2.08. The van der Waals surface area contributed by atoms with Gasteiger partial charge in [-0.25, -0.2) is 0 Å². The Hall–Kier alpha value is -2.34. The van der Waals surface area contributed by atoms with E-state index in [1.807, 2.05) is 0 Å². The van der Waals surface area contributed by atoms with Crippen molar-refractivity contribution in [3.05, 3.63) is 89.0 Å². The molecular weight excluding hydrogens is 276 g/mol. The van der Waals surface area contributed by atoms with E-state index in [4.69, 9.17) is 0 Å². The van der Waals surface area contributed by atoms with Crippen molar-refractivity contribution >= 4 is 16.8 Å². The molecule has 0 amide bonds. The quantitative estimate of drug-likeness (QED) is 0.454. The van der Waals surface area contributed by atoms with Gasteiger partial charge < -0.3 is 0 Å². The Morgan fingerprint density at radius 3 is 2.48 bits per heavy atom. The van der Waals surface area contributed by atoms with E-state index in [-0.39, 0.29) is 0 Å². The lowest BCUT2D eigenvalue weighted by atomic mass is 9.90. The normalized spacial score (nSPS) is 15.7. The van der Waals surface area contributed by atoms with Gasteiger partial charge in [-0.1, -0.05) is 85.3 Å². The Morgan fingerprint density at radius 1 is 0.870 bits per heavy atom. The van der Waals surface area contributed by atoms with Gasteiger partial charge in [0.2, 0.25) is 0 Å². The summed E-state index contributed by atoms with van der Waals surface area (Å²) in [5.74, 6) is 0.708. The second kappa shape index (κ2) is 6.83. The standard InChI is InChI=1S/C12H14.C11H10/c1-9-3-5-11-6-4-10(2)8-12(11)7-9;1-9-5-4-7-10-6-2-3-8-11(9)10/h3-7,10H,8H2,1-2H3;2-8H,1H3/t10-;/m1./s1. The maximum Gasteiger partial charge on any atom is -0.0155 e. The summed E-state index contributed by atoms with van der Waals surface area (Å²) in [6.45, 7) is 6.56. The largest absolute Gasteiger partial charge is 0.0808 e. The van der Waals surface area contributed by atoms with Crippen molar-refractivity contribution in [2.45, 2.75) is 27.2 Å². The highest BCUT2D eigenvalue weighted by molar-refractivity contribution is 5.85. The summed E-state index contributed by atoms with van der Waals surface area (Å²) in [4.78, 5) is 0. The Bertz CT molecular complexity index is 834. The van der Waals surface area contributed by atoms with Crippen LogP contribution in [0.1, 0.15) is 29.2 Å². The van der Waals surface area contributed by atoms with Crippen LogP contribution in [0.2, 0.25) is 0 Å². The van der Waals surface area contributed by atoms with Crippen molar-refractivity contribution < 1.29 is 0 Å².